The Morgan fingerprint density at radius 2 is 2.25 bits per heavy atom. The molecule has 1 amide bonds. The van der Waals surface area contributed by atoms with E-state index in [4.69, 9.17) is 9.47 Å². The fourth-order valence-electron chi connectivity index (χ4n) is 2.17. The van der Waals surface area contributed by atoms with Gasteiger partial charge in [0, 0.05) is 10.9 Å². The highest BCUT2D eigenvalue weighted by Crippen LogP contribution is 2.28. The molecule has 0 unspecified atom stereocenters. The number of benzene rings is 1. The van der Waals surface area contributed by atoms with Crippen molar-refractivity contribution in [3.63, 3.8) is 0 Å². The summed E-state index contributed by atoms with van der Waals surface area (Å²) in [6, 6.07) is 4.67. The molecular formula is C16H14N2O5S. The lowest BCUT2D eigenvalue weighted by molar-refractivity contribution is -0.141. The number of Topliss-reactive ketones (excluding diaryl/α,β-unsaturated/α-hetero) is 1. The van der Waals surface area contributed by atoms with Crippen molar-refractivity contribution in [2.24, 2.45) is 0 Å². The summed E-state index contributed by atoms with van der Waals surface area (Å²) in [4.78, 5) is 39.3. The Labute approximate surface area is 141 Å². The number of aromatic nitrogens is 1. The molecule has 0 radical (unpaired) electrons. The number of carbonyl (C=O) groups is 3. The standard InChI is InChI=1S/C16H14N2O5S/c1-9-17-11(8-24-9)5-16(21)23-6-13(19)10-2-3-14-12(4-10)18-15(20)7-22-14/h2-4,8H,5-7H2,1H3,(H,18,20). The second-order valence-electron chi connectivity index (χ2n) is 5.17. The minimum atomic E-state index is -0.511. The van der Waals surface area contributed by atoms with Crippen molar-refractivity contribution in [1.82, 2.24) is 4.98 Å². The first-order valence-corrected chi connectivity index (χ1v) is 8.06. The van der Waals surface area contributed by atoms with Crippen molar-refractivity contribution in [3.05, 3.63) is 39.8 Å². The predicted octanol–water partition coefficient (Wildman–Crippen LogP) is 1.75. The highest BCUT2D eigenvalue weighted by atomic mass is 32.1. The zero-order valence-corrected chi connectivity index (χ0v) is 13.6. The number of ether oxygens (including phenoxy) is 2. The van der Waals surface area contributed by atoms with Crippen LogP contribution in [0.15, 0.2) is 23.6 Å². The van der Waals surface area contributed by atoms with Gasteiger partial charge in [-0.15, -0.1) is 11.3 Å². The number of ketones is 1. The predicted molar refractivity (Wildman–Crippen MR) is 86.4 cm³/mol. The number of hydrogen-bond acceptors (Lipinski definition) is 7. The lowest BCUT2D eigenvalue weighted by atomic mass is 10.1. The summed E-state index contributed by atoms with van der Waals surface area (Å²) in [5.41, 5.74) is 1.39. The number of rotatable bonds is 5. The van der Waals surface area contributed by atoms with E-state index < -0.39 is 5.97 Å². The molecule has 0 saturated heterocycles. The number of hydrogen-bond donors (Lipinski definition) is 1. The van der Waals surface area contributed by atoms with Crippen molar-refractivity contribution >= 4 is 34.7 Å². The molecule has 0 fully saturated rings. The summed E-state index contributed by atoms with van der Waals surface area (Å²) in [6.07, 6.45) is 0.0334. The number of nitrogens with one attached hydrogen (secondary N) is 1. The van der Waals surface area contributed by atoms with Gasteiger partial charge in [0.05, 0.1) is 22.8 Å². The minimum Gasteiger partial charge on any atom is -0.482 e. The van der Waals surface area contributed by atoms with E-state index in [2.05, 4.69) is 10.3 Å². The molecule has 3 rings (SSSR count). The minimum absolute atomic E-state index is 0.0334. The Morgan fingerprint density at radius 1 is 1.42 bits per heavy atom. The molecule has 1 N–H and O–H groups in total. The normalized spacial score (nSPS) is 12.8. The van der Waals surface area contributed by atoms with Crippen molar-refractivity contribution in [2.75, 3.05) is 18.5 Å². The molecule has 0 spiro atoms. The molecule has 24 heavy (non-hydrogen) atoms. The molecule has 1 aliphatic heterocycles. The van der Waals surface area contributed by atoms with Crippen molar-refractivity contribution in [1.29, 1.82) is 0 Å². The number of amides is 1. The van der Waals surface area contributed by atoms with Gasteiger partial charge in [-0.1, -0.05) is 0 Å². The first-order valence-electron chi connectivity index (χ1n) is 7.18. The maximum Gasteiger partial charge on any atom is 0.312 e. The Kier molecular flexibility index (Phi) is 4.57. The van der Waals surface area contributed by atoms with E-state index in [-0.39, 0.29) is 31.3 Å². The van der Waals surface area contributed by atoms with E-state index in [1.807, 2.05) is 6.92 Å². The van der Waals surface area contributed by atoms with Gasteiger partial charge in [0.25, 0.3) is 5.91 Å². The van der Waals surface area contributed by atoms with Crippen LogP contribution in [0.25, 0.3) is 0 Å². The van der Waals surface area contributed by atoms with Crippen molar-refractivity contribution < 1.29 is 23.9 Å². The highest BCUT2D eigenvalue weighted by molar-refractivity contribution is 7.09. The molecule has 0 saturated carbocycles. The number of aryl methyl sites for hydroxylation is 1. The van der Waals surface area contributed by atoms with Gasteiger partial charge in [-0.2, -0.15) is 0 Å². The Hall–Kier alpha value is -2.74. The molecule has 1 aliphatic rings. The lowest BCUT2D eigenvalue weighted by Gasteiger charge is -2.18. The second kappa shape index (κ2) is 6.79. The van der Waals surface area contributed by atoms with Crippen molar-refractivity contribution in [2.45, 2.75) is 13.3 Å². The van der Waals surface area contributed by atoms with Gasteiger partial charge in [-0.05, 0) is 25.1 Å². The number of anilines is 1. The zero-order chi connectivity index (χ0) is 17.1. The highest BCUT2D eigenvalue weighted by Gasteiger charge is 2.18. The SMILES string of the molecule is Cc1nc(CC(=O)OCC(=O)c2ccc3c(c2)NC(=O)CO3)cs1. The molecule has 124 valence electrons. The summed E-state index contributed by atoms with van der Waals surface area (Å²) >= 11 is 1.45. The van der Waals surface area contributed by atoms with Crippen LogP contribution in [-0.4, -0.2) is 35.9 Å². The number of nitrogens with zero attached hydrogens (tertiary/aromatic N) is 1. The van der Waals surface area contributed by atoms with E-state index in [1.165, 1.54) is 17.4 Å². The molecule has 2 heterocycles. The molecule has 0 bridgehead atoms. The van der Waals surface area contributed by atoms with Crippen LogP contribution < -0.4 is 10.1 Å². The van der Waals surface area contributed by atoms with Crippen LogP contribution in [0.3, 0.4) is 0 Å². The summed E-state index contributed by atoms with van der Waals surface area (Å²) in [7, 11) is 0. The van der Waals surface area contributed by atoms with Gasteiger partial charge in [0.2, 0.25) is 0 Å². The second-order valence-corrected chi connectivity index (χ2v) is 6.23. The Bertz CT molecular complexity index is 815. The van der Waals surface area contributed by atoms with Gasteiger partial charge in [-0.25, -0.2) is 4.98 Å². The van der Waals surface area contributed by atoms with E-state index in [1.54, 1.807) is 17.5 Å². The Morgan fingerprint density at radius 3 is 3.00 bits per heavy atom. The van der Waals surface area contributed by atoms with Crippen LogP contribution in [0.2, 0.25) is 0 Å². The molecule has 7 nitrogen and oxygen atoms in total. The maximum atomic E-state index is 12.1. The molecule has 0 aliphatic carbocycles. The fourth-order valence-corrected chi connectivity index (χ4v) is 2.79. The van der Waals surface area contributed by atoms with E-state index >= 15 is 0 Å². The van der Waals surface area contributed by atoms with E-state index in [0.717, 1.165) is 5.01 Å². The molecule has 2 aromatic rings. The monoisotopic (exact) mass is 346 g/mol. The summed E-state index contributed by atoms with van der Waals surface area (Å²) < 4.78 is 10.2. The molecular weight excluding hydrogens is 332 g/mol. The summed E-state index contributed by atoms with van der Waals surface area (Å²) in [5.74, 6) is -0.650. The van der Waals surface area contributed by atoms with Gasteiger partial charge in [0.15, 0.2) is 19.0 Å². The molecule has 1 aromatic carbocycles. The summed E-state index contributed by atoms with van der Waals surface area (Å²) in [5, 5.41) is 5.27. The van der Waals surface area contributed by atoms with Crippen LogP contribution in [0.1, 0.15) is 21.1 Å². The third kappa shape index (κ3) is 3.77. The number of thiazole rings is 1. The first kappa shape index (κ1) is 16.1. The van der Waals surface area contributed by atoms with Crippen LogP contribution in [-0.2, 0) is 20.7 Å². The van der Waals surface area contributed by atoms with E-state index in [0.29, 0.717) is 22.7 Å². The molecule has 0 atom stereocenters. The average molecular weight is 346 g/mol. The third-order valence-electron chi connectivity index (χ3n) is 3.29. The molecule has 1 aromatic heterocycles. The third-order valence-corrected chi connectivity index (χ3v) is 4.11. The Balaban J connectivity index is 1.58. The quantitative estimate of drug-likeness (QED) is 0.655. The van der Waals surface area contributed by atoms with Crippen molar-refractivity contribution in [3.8, 4) is 5.75 Å². The van der Waals surface area contributed by atoms with Gasteiger partial charge < -0.3 is 14.8 Å². The maximum absolute atomic E-state index is 12.1. The van der Waals surface area contributed by atoms with Crippen LogP contribution in [0.5, 0.6) is 5.75 Å². The van der Waals surface area contributed by atoms with Crippen LogP contribution >= 0.6 is 11.3 Å². The smallest absolute Gasteiger partial charge is 0.312 e. The average Bonchev–Trinajstić information content (AvgIpc) is 2.96. The van der Waals surface area contributed by atoms with Crippen LogP contribution in [0.4, 0.5) is 5.69 Å². The fraction of sp³-hybridized carbons (Fsp3) is 0.250. The lowest BCUT2D eigenvalue weighted by Crippen LogP contribution is -2.25. The molecule has 8 heteroatoms. The first-order chi connectivity index (χ1) is 11.5. The zero-order valence-electron chi connectivity index (χ0n) is 12.8. The van der Waals surface area contributed by atoms with Gasteiger partial charge in [0.1, 0.15) is 5.75 Å². The number of fused-ring (bicyclic) bond motifs is 1. The van der Waals surface area contributed by atoms with Crippen LogP contribution in [0, 0.1) is 6.92 Å². The van der Waals surface area contributed by atoms with Gasteiger partial charge >= 0.3 is 5.97 Å². The summed E-state index contributed by atoms with van der Waals surface area (Å²) in [6.45, 7) is 1.44. The number of esters is 1. The number of carbonyl (C=O) groups excluding carboxylic acids is 3. The topological polar surface area (TPSA) is 94.6 Å². The van der Waals surface area contributed by atoms with E-state index in [9.17, 15) is 14.4 Å². The largest absolute Gasteiger partial charge is 0.482 e. The van der Waals surface area contributed by atoms with Gasteiger partial charge in [-0.3, -0.25) is 14.4 Å².